The molecule has 0 aliphatic carbocycles. The number of carbonyl (C=O) groups is 1. The zero-order valence-electron chi connectivity index (χ0n) is 14.1. The number of ether oxygens (including phenoxy) is 1. The lowest BCUT2D eigenvalue weighted by Gasteiger charge is -2.18. The molecule has 2 rings (SSSR count). The van der Waals surface area contributed by atoms with Gasteiger partial charge in [-0.3, -0.25) is 4.79 Å². The van der Waals surface area contributed by atoms with E-state index < -0.39 is 16.0 Å². The van der Waals surface area contributed by atoms with Crippen molar-refractivity contribution in [1.29, 1.82) is 0 Å². The zero-order chi connectivity index (χ0) is 18.3. The van der Waals surface area contributed by atoms with E-state index in [1.807, 2.05) is 25.1 Å². The van der Waals surface area contributed by atoms with Crippen LogP contribution in [0, 0.1) is 6.92 Å². The molecule has 132 valence electrons. The fourth-order valence-electron chi connectivity index (χ4n) is 2.03. The summed E-state index contributed by atoms with van der Waals surface area (Å²) in [5, 5.41) is 4.08. The van der Waals surface area contributed by atoms with Gasteiger partial charge >= 0.3 is 5.97 Å². The van der Waals surface area contributed by atoms with E-state index in [2.05, 4.69) is 9.84 Å². The molecule has 0 unspecified atom stereocenters. The molecule has 0 aliphatic rings. The molecule has 0 N–H and O–H groups in total. The van der Waals surface area contributed by atoms with E-state index in [4.69, 9.17) is 0 Å². The Hall–Kier alpha value is -2.67. The Kier molecular flexibility index (Phi) is 6.30. The van der Waals surface area contributed by atoms with Gasteiger partial charge in [0.05, 0.1) is 31.2 Å². The molecule has 0 heterocycles. The number of hydrazone groups is 1. The molecular formula is C18H20N2O4S. The number of benzene rings is 2. The highest BCUT2D eigenvalue weighted by Crippen LogP contribution is 2.17. The first-order valence-electron chi connectivity index (χ1n) is 7.69. The van der Waals surface area contributed by atoms with Gasteiger partial charge < -0.3 is 4.74 Å². The van der Waals surface area contributed by atoms with Gasteiger partial charge in [0.25, 0.3) is 10.0 Å². The fourth-order valence-corrected chi connectivity index (χ4v) is 3.26. The van der Waals surface area contributed by atoms with Gasteiger partial charge in [0.1, 0.15) is 0 Å². The maximum atomic E-state index is 12.8. The van der Waals surface area contributed by atoms with Crippen molar-refractivity contribution >= 4 is 22.2 Å². The smallest absolute Gasteiger partial charge is 0.307 e. The van der Waals surface area contributed by atoms with Crippen LogP contribution in [0.4, 0.5) is 0 Å². The van der Waals surface area contributed by atoms with Crippen molar-refractivity contribution in [2.24, 2.45) is 5.10 Å². The molecule has 25 heavy (non-hydrogen) atoms. The van der Waals surface area contributed by atoms with Crippen LogP contribution < -0.4 is 0 Å². The quantitative estimate of drug-likeness (QED) is 0.432. The summed E-state index contributed by atoms with van der Waals surface area (Å²) in [6, 6.07) is 15.6. The van der Waals surface area contributed by atoms with Gasteiger partial charge in [0.15, 0.2) is 0 Å². The van der Waals surface area contributed by atoms with Crippen LogP contribution >= 0.6 is 0 Å². The monoisotopic (exact) mass is 360 g/mol. The van der Waals surface area contributed by atoms with Crippen LogP contribution in [0.1, 0.15) is 17.5 Å². The molecular weight excluding hydrogens is 340 g/mol. The van der Waals surface area contributed by atoms with E-state index in [1.165, 1.54) is 25.5 Å². The highest BCUT2D eigenvalue weighted by atomic mass is 32.2. The number of esters is 1. The summed E-state index contributed by atoms with van der Waals surface area (Å²) in [5.41, 5.74) is 1.71. The minimum absolute atomic E-state index is 0.0896. The van der Waals surface area contributed by atoms with Gasteiger partial charge in [-0.2, -0.15) is 17.9 Å². The molecule has 2 aromatic carbocycles. The van der Waals surface area contributed by atoms with E-state index in [0.717, 1.165) is 15.5 Å². The van der Waals surface area contributed by atoms with Gasteiger partial charge in [-0.15, -0.1) is 0 Å². The first-order chi connectivity index (χ1) is 11.9. The Balaban J connectivity index is 2.30. The van der Waals surface area contributed by atoms with E-state index >= 15 is 0 Å². The van der Waals surface area contributed by atoms with Crippen molar-refractivity contribution in [2.75, 3.05) is 13.7 Å². The highest BCUT2D eigenvalue weighted by molar-refractivity contribution is 7.89. The average Bonchev–Trinajstić information content (AvgIpc) is 2.62. The Morgan fingerprint density at radius 3 is 2.36 bits per heavy atom. The summed E-state index contributed by atoms with van der Waals surface area (Å²) in [6.07, 6.45) is 1.36. The number of hydrogen-bond donors (Lipinski definition) is 0. The molecule has 7 heteroatoms. The number of hydrogen-bond acceptors (Lipinski definition) is 5. The van der Waals surface area contributed by atoms with E-state index in [9.17, 15) is 13.2 Å². The van der Waals surface area contributed by atoms with Crippen molar-refractivity contribution in [3.8, 4) is 0 Å². The second-order valence-corrected chi connectivity index (χ2v) is 7.19. The summed E-state index contributed by atoms with van der Waals surface area (Å²) >= 11 is 0. The topological polar surface area (TPSA) is 76.0 Å². The van der Waals surface area contributed by atoms with Crippen LogP contribution in [0.3, 0.4) is 0 Å². The van der Waals surface area contributed by atoms with Crippen LogP contribution in [0.5, 0.6) is 0 Å². The Labute approximate surface area is 147 Å². The summed E-state index contributed by atoms with van der Waals surface area (Å²) in [4.78, 5) is 11.5. The summed E-state index contributed by atoms with van der Waals surface area (Å²) in [5.74, 6) is -0.501. The van der Waals surface area contributed by atoms with Crippen molar-refractivity contribution in [1.82, 2.24) is 4.41 Å². The molecule has 0 spiro atoms. The molecule has 0 aliphatic heterocycles. The fraction of sp³-hybridized carbons (Fsp3) is 0.222. The number of rotatable bonds is 7. The number of sulfonamides is 1. The predicted octanol–water partition coefficient (Wildman–Crippen LogP) is 2.58. The molecule has 6 nitrogen and oxygen atoms in total. The lowest BCUT2D eigenvalue weighted by molar-refractivity contribution is -0.140. The first kappa shape index (κ1) is 18.7. The van der Waals surface area contributed by atoms with Gasteiger partial charge in [0.2, 0.25) is 0 Å². The van der Waals surface area contributed by atoms with Gasteiger partial charge in [-0.05, 0) is 24.6 Å². The van der Waals surface area contributed by atoms with Crippen molar-refractivity contribution in [3.63, 3.8) is 0 Å². The van der Waals surface area contributed by atoms with Crippen LogP contribution in [-0.4, -0.2) is 38.7 Å². The van der Waals surface area contributed by atoms with Gasteiger partial charge in [-0.25, -0.2) is 0 Å². The minimum atomic E-state index is -3.86. The number of aryl methyl sites for hydroxylation is 1. The molecule has 0 fully saturated rings. The molecule has 0 saturated carbocycles. The normalized spacial score (nSPS) is 11.4. The van der Waals surface area contributed by atoms with Crippen LogP contribution in [0.15, 0.2) is 64.6 Å². The molecule has 0 amide bonds. The van der Waals surface area contributed by atoms with Crippen molar-refractivity contribution in [2.45, 2.75) is 18.2 Å². The predicted molar refractivity (Wildman–Crippen MR) is 95.7 cm³/mol. The van der Waals surface area contributed by atoms with Crippen LogP contribution in [-0.2, 0) is 19.6 Å². The third-order valence-corrected chi connectivity index (χ3v) is 5.17. The molecule has 0 aromatic heterocycles. The molecule has 0 atom stereocenters. The van der Waals surface area contributed by atoms with E-state index in [1.54, 1.807) is 24.3 Å². The second kappa shape index (κ2) is 8.43. The standard InChI is InChI=1S/C18H20N2O4S/c1-15-8-10-17(11-9-15)25(22,23)20(13-12-18(21)24-2)19-14-16-6-4-3-5-7-16/h3-11,14H,12-13H2,1-2H3/b19-14+. The second-order valence-electron chi connectivity index (χ2n) is 5.35. The first-order valence-corrected chi connectivity index (χ1v) is 9.13. The Morgan fingerprint density at radius 1 is 1.12 bits per heavy atom. The van der Waals surface area contributed by atoms with E-state index in [-0.39, 0.29) is 17.9 Å². The molecule has 2 aromatic rings. The third kappa shape index (κ3) is 5.15. The Bertz CT molecular complexity index is 831. The minimum Gasteiger partial charge on any atom is -0.469 e. The lowest BCUT2D eigenvalue weighted by atomic mass is 10.2. The third-order valence-electron chi connectivity index (χ3n) is 3.47. The van der Waals surface area contributed by atoms with Crippen molar-refractivity contribution in [3.05, 3.63) is 65.7 Å². The summed E-state index contributed by atoms with van der Waals surface area (Å²) < 4.78 is 31.2. The average molecular weight is 360 g/mol. The zero-order valence-corrected chi connectivity index (χ0v) is 14.9. The van der Waals surface area contributed by atoms with Crippen LogP contribution in [0.25, 0.3) is 0 Å². The molecule has 0 bridgehead atoms. The summed E-state index contributed by atoms with van der Waals surface area (Å²) in [6.45, 7) is 1.77. The molecule has 0 saturated heterocycles. The number of nitrogens with zero attached hydrogens (tertiary/aromatic N) is 2. The van der Waals surface area contributed by atoms with Gasteiger partial charge in [0, 0.05) is 0 Å². The maximum Gasteiger partial charge on any atom is 0.307 e. The largest absolute Gasteiger partial charge is 0.469 e. The lowest BCUT2D eigenvalue weighted by Crippen LogP contribution is -2.29. The summed E-state index contributed by atoms with van der Waals surface area (Å²) in [7, 11) is -2.61. The maximum absolute atomic E-state index is 12.8. The van der Waals surface area contributed by atoms with E-state index in [0.29, 0.717) is 0 Å². The SMILES string of the molecule is COC(=O)CCN(/N=C/c1ccccc1)S(=O)(=O)c1ccc(C)cc1. The molecule has 0 radical (unpaired) electrons. The van der Waals surface area contributed by atoms with Crippen molar-refractivity contribution < 1.29 is 17.9 Å². The number of methoxy groups -OCH3 is 1. The number of carbonyl (C=O) groups excluding carboxylic acids is 1. The Morgan fingerprint density at radius 2 is 1.76 bits per heavy atom. The highest BCUT2D eigenvalue weighted by Gasteiger charge is 2.23. The van der Waals surface area contributed by atoms with Crippen LogP contribution in [0.2, 0.25) is 0 Å². The van der Waals surface area contributed by atoms with Gasteiger partial charge in [-0.1, -0.05) is 48.0 Å².